The van der Waals surface area contributed by atoms with Gasteiger partial charge in [-0.2, -0.15) is 0 Å². The van der Waals surface area contributed by atoms with Crippen molar-refractivity contribution in [3.05, 3.63) is 71.8 Å². The molecule has 3 aromatic carbocycles. The highest BCUT2D eigenvalue weighted by atomic mass is 16.5. The topological polar surface area (TPSA) is 38.8 Å². The van der Waals surface area contributed by atoms with Crippen molar-refractivity contribution in [3.63, 3.8) is 0 Å². The molecule has 3 aromatic rings. The van der Waals surface area contributed by atoms with E-state index in [1.54, 1.807) is 7.11 Å². The monoisotopic (exact) mass is 373 g/mol. The Balaban J connectivity index is 1.80. The van der Waals surface area contributed by atoms with Gasteiger partial charge < -0.3 is 14.4 Å². The summed E-state index contributed by atoms with van der Waals surface area (Å²) in [6.07, 6.45) is 2.00. The van der Waals surface area contributed by atoms with Crippen LogP contribution in [-0.4, -0.2) is 32.8 Å². The number of hydrogen-bond donors (Lipinski definition) is 0. The van der Waals surface area contributed by atoms with Gasteiger partial charge in [0.2, 0.25) is 0 Å². The van der Waals surface area contributed by atoms with Crippen molar-refractivity contribution in [1.82, 2.24) is 0 Å². The summed E-state index contributed by atoms with van der Waals surface area (Å²) in [5.41, 5.74) is 3.70. The molecular weight excluding hydrogens is 350 g/mol. The predicted octanol–water partition coefficient (Wildman–Crippen LogP) is 4.77. The van der Waals surface area contributed by atoms with Crippen molar-refractivity contribution in [2.45, 2.75) is 6.92 Å². The molecule has 0 saturated heterocycles. The zero-order valence-corrected chi connectivity index (χ0v) is 16.1. The van der Waals surface area contributed by atoms with Gasteiger partial charge in [0.15, 0.2) is 0 Å². The lowest BCUT2D eigenvalue weighted by molar-refractivity contribution is -0.112. The second-order valence-corrected chi connectivity index (χ2v) is 6.66. The predicted molar refractivity (Wildman–Crippen MR) is 114 cm³/mol. The van der Waals surface area contributed by atoms with Crippen LogP contribution >= 0.6 is 0 Å². The molecule has 0 unspecified atom stereocenters. The van der Waals surface area contributed by atoms with Crippen LogP contribution in [0.4, 0.5) is 5.69 Å². The fraction of sp³-hybridized carbons (Fsp3) is 0.208. The van der Waals surface area contributed by atoms with Gasteiger partial charge in [0.05, 0.1) is 12.3 Å². The Morgan fingerprint density at radius 1 is 0.929 bits per heavy atom. The zero-order valence-electron chi connectivity index (χ0n) is 16.1. The van der Waals surface area contributed by atoms with Crippen molar-refractivity contribution in [2.75, 3.05) is 31.8 Å². The molecule has 0 spiro atoms. The number of methoxy groups -OCH3 is 1. The quantitative estimate of drug-likeness (QED) is 0.461. The van der Waals surface area contributed by atoms with Crippen LogP contribution in [0.3, 0.4) is 0 Å². The lowest BCUT2D eigenvalue weighted by Crippen LogP contribution is -2.25. The third kappa shape index (κ3) is 3.16. The minimum Gasteiger partial charge on any atom is -0.491 e. The Bertz CT molecular complexity index is 1050. The highest BCUT2D eigenvalue weighted by Crippen LogP contribution is 2.39. The molecule has 4 nitrogen and oxygen atoms in total. The maximum Gasteiger partial charge on any atom is 0.258 e. The molecule has 1 aliphatic rings. The third-order valence-electron chi connectivity index (χ3n) is 5.04. The number of rotatable bonds is 6. The molecule has 4 heteroatoms. The molecule has 28 heavy (non-hydrogen) atoms. The first kappa shape index (κ1) is 18.3. The molecule has 0 bridgehead atoms. The summed E-state index contributed by atoms with van der Waals surface area (Å²) in [4.78, 5) is 14.8. The van der Waals surface area contributed by atoms with E-state index in [4.69, 9.17) is 9.47 Å². The van der Waals surface area contributed by atoms with Gasteiger partial charge in [0, 0.05) is 30.2 Å². The molecule has 0 aromatic heterocycles. The first-order valence-electron chi connectivity index (χ1n) is 9.51. The molecule has 0 saturated carbocycles. The normalized spacial score (nSPS) is 14.7. The van der Waals surface area contributed by atoms with Gasteiger partial charge in [-0.3, -0.25) is 4.79 Å². The highest BCUT2D eigenvalue weighted by molar-refractivity contribution is 6.36. The maximum absolute atomic E-state index is 13.0. The van der Waals surface area contributed by atoms with Crippen LogP contribution in [0.5, 0.6) is 5.75 Å². The summed E-state index contributed by atoms with van der Waals surface area (Å²) in [5, 5.41) is 2.09. The summed E-state index contributed by atoms with van der Waals surface area (Å²) in [5.74, 6) is 0.872. The Morgan fingerprint density at radius 3 is 2.46 bits per heavy atom. The number of likely N-dealkylation sites (N-methyl/N-ethyl adjacent to an activating group) is 1. The van der Waals surface area contributed by atoms with E-state index in [1.165, 1.54) is 0 Å². The van der Waals surface area contributed by atoms with Crippen LogP contribution in [0.1, 0.15) is 18.1 Å². The van der Waals surface area contributed by atoms with Crippen LogP contribution < -0.4 is 9.64 Å². The minimum atomic E-state index is 0.0493. The highest BCUT2D eigenvalue weighted by Gasteiger charge is 2.30. The van der Waals surface area contributed by atoms with Gasteiger partial charge in [-0.25, -0.2) is 0 Å². The number of benzene rings is 3. The summed E-state index contributed by atoms with van der Waals surface area (Å²) >= 11 is 0. The molecule has 0 N–H and O–H groups in total. The third-order valence-corrected chi connectivity index (χ3v) is 5.04. The SMILES string of the molecule is CCN1C(=O)/C(=C/c2ccc(OCCOC)c3ccccc23)c2ccccc21. The summed E-state index contributed by atoms with van der Waals surface area (Å²) in [6, 6.07) is 20.1. The van der Waals surface area contributed by atoms with Gasteiger partial charge in [0.1, 0.15) is 12.4 Å². The molecule has 0 fully saturated rings. The van der Waals surface area contributed by atoms with Crippen molar-refractivity contribution < 1.29 is 14.3 Å². The molecular formula is C24H23NO3. The van der Waals surface area contributed by atoms with Crippen molar-refractivity contribution in [1.29, 1.82) is 0 Å². The number of amides is 1. The Kier molecular flexibility index (Phi) is 5.13. The van der Waals surface area contributed by atoms with Crippen molar-refractivity contribution in [2.24, 2.45) is 0 Å². The van der Waals surface area contributed by atoms with Gasteiger partial charge >= 0.3 is 0 Å². The van der Waals surface area contributed by atoms with Crippen molar-refractivity contribution in [3.8, 4) is 5.75 Å². The van der Waals surface area contributed by atoms with Crippen LogP contribution in [-0.2, 0) is 9.53 Å². The van der Waals surface area contributed by atoms with Gasteiger partial charge in [0.25, 0.3) is 5.91 Å². The average Bonchev–Trinajstić information content (AvgIpc) is 3.00. The maximum atomic E-state index is 13.0. The average molecular weight is 373 g/mol. The molecule has 0 aliphatic carbocycles. The summed E-state index contributed by atoms with van der Waals surface area (Å²) in [7, 11) is 1.66. The van der Waals surface area contributed by atoms with E-state index in [2.05, 4.69) is 6.07 Å². The molecule has 0 radical (unpaired) electrons. The fourth-order valence-electron chi connectivity index (χ4n) is 3.70. The number of carbonyl (C=O) groups is 1. The Labute approximate surface area is 165 Å². The molecule has 1 amide bonds. The number of ether oxygens (including phenoxy) is 2. The zero-order chi connectivity index (χ0) is 19.5. The van der Waals surface area contributed by atoms with E-state index in [9.17, 15) is 4.79 Å². The van der Waals surface area contributed by atoms with Crippen LogP contribution in [0, 0.1) is 0 Å². The largest absolute Gasteiger partial charge is 0.491 e. The van der Waals surface area contributed by atoms with E-state index in [0.717, 1.165) is 38.9 Å². The molecule has 1 heterocycles. The summed E-state index contributed by atoms with van der Waals surface area (Å²) < 4.78 is 11.0. The number of anilines is 1. The van der Waals surface area contributed by atoms with E-state index in [0.29, 0.717) is 19.8 Å². The second kappa shape index (κ2) is 7.87. The Hall–Kier alpha value is -3.11. The summed E-state index contributed by atoms with van der Waals surface area (Å²) in [6.45, 7) is 3.69. The second-order valence-electron chi connectivity index (χ2n) is 6.66. The van der Waals surface area contributed by atoms with Gasteiger partial charge in [-0.15, -0.1) is 0 Å². The number of hydrogen-bond acceptors (Lipinski definition) is 3. The van der Waals surface area contributed by atoms with Crippen LogP contribution in [0.15, 0.2) is 60.7 Å². The number of para-hydroxylation sites is 1. The van der Waals surface area contributed by atoms with Crippen LogP contribution in [0.2, 0.25) is 0 Å². The van der Waals surface area contributed by atoms with Crippen LogP contribution in [0.25, 0.3) is 22.4 Å². The minimum absolute atomic E-state index is 0.0493. The van der Waals surface area contributed by atoms with E-state index in [1.807, 2.05) is 72.5 Å². The van der Waals surface area contributed by atoms with Gasteiger partial charge in [-0.1, -0.05) is 48.5 Å². The van der Waals surface area contributed by atoms with Crippen molar-refractivity contribution >= 4 is 34.0 Å². The molecule has 142 valence electrons. The Morgan fingerprint density at radius 2 is 1.68 bits per heavy atom. The van der Waals surface area contributed by atoms with E-state index in [-0.39, 0.29) is 5.91 Å². The number of carbonyl (C=O) groups excluding carboxylic acids is 1. The first-order valence-corrected chi connectivity index (χ1v) is 9.51. The smallest absolute Gasteiger partial charge is 0.258 e. The molecule has 4 rings (SSSR count). The number of nitrogens with zero attached hydrogens (tertiary/aromatic N) is 1. The lowest BCUT2D eigenvalue weighted by atomic mass is 9.99. The first-order chi connectivity index (χ1) is 13.7. The van der Waals surface area contributed by atoms with E-state index >= 15 is 0 Å². The van der Waals surface area contributed by atoms with Gasteiger partial charge in [-0.05, 0) is 36.1 Å². The number of fused-ring (bicyclic) bond motifs is 2. The molecule has 0 atom stereocenters. The molecule has 1 aliphatic heterocycles. The van der Waals surface area contributed by atoms with E-state index < -0.39 is 0 Å². The standard InChI is InChI=1S/C24H23NO3/c1-3-25-22-11-7-6-9-19(22)21(24(25)26)16-17-12-13-23(28-15-14-27-2)20-10-5-4-8-18(17)20/h4-13,16H,3,14-15H2,1-2H3/b21-16+. The lowest BCUT2D eigenvalue weighted by Gasteiger charge is -2.13. The fourth-order valence-corrected chi connectivity index (χ4v) is 3.70.